The van der Waals surface area contributed by atoms with E-state index < -0.39 is 12.7 Å². The quantitative estimate of drug-likeness (QED) is 0.885. The van der Waals surface area contributed by atoms with Gasteiger partial charge in [0.2, 0.25) is 0 Å². The molecule has 1 aromatic carbocycles. The lowest BCUT2D eigenvalue weighted by Gasteiger charge is -2.15. The van der Waals surface area contributed by atoms with Crippen LogP contribution in [0.5, 0.6) is 5.75 Å². The minimum absolute atomic E-state index is 0.118. The van der Waals surface area contributed by atoms with E-state index in [1.54, 1.807) is 18.2 Å². The zero-order valence-electron chi connectivity index (χ0n) is 10.1. The van der Waals surface area contributed by atoms with Crippen molar-refractivity contribution < 1.29 is 13.5 Å². The van der Waals surface area contributed by atoms with Crippen LogP contribution >= 0.6 is 27.3 Å². The van der Waals surface area contributed by atoms with E-state index >= 15 is 0 Å². The van der Waals surface area contributed by atoms with Gasteiger partial charge in [0.25, 0.3) is 0 Å². The highest BCUT2D eigenvalue weighted by Crippen LogP contribution is 2.35. The van der Waals surface area contributed by atoms with Gasteiger partial charge < -0.3 is 10.5 Å². The molecular weight excluding hydrogens is 336 g/mol. The second kappa shape index (κ2) is 5.98. The Kier molecular flexibility index (Phi) is 4.54. The van der Waals surface area contributed by atoms with Crippen molar-refractivity contribution in [2.75, 3.05) is 0 Å². The van der Waals surface area contributed by atoms with E-state index in [2.05, 4.69) is 20.7 Å². The summed E-state index contributed by atoms with van der Waals surface area (Å²) in [6.07, 6.45) is 0. The van der Waals surface area contributed by atoms with E-state index in [1.807, 2.05) is 13.0 Å². The topological polar surface area (TPSA) is 35.2 Å². The summed E-state index contributed by atoms with van der Waals surface area (Å²) < 4.78 is 30.2. The molecule has 102 valence electrons. The van der Waals surface area contributed by atoms with Crippen molar-refractivity contribution in [2.45, 2.75) is 19.6 Å². The number of halogens is 3. The molecule has 1 aromatic heterocycles. The molecule has 2 N–H and O–H groups in total. The number of alkyl halides is 2. The fourth-order valence-electron chi connectivity index (χ4n) is 1.73. The number of benzene rings is 1. The molecule has 2 nitrogen and oxygen atoms in total. The van der Waals surface area contributed by atoms with Gasteiger partial charge in [-0.25, -0.2) is 0 Å². The Morgan fingerprint density at radius 2 is 2.00 bits per heavy atom. The van der Waals surface area contributed by atoms with E-state index in [-0.39, 0.29) is 5.75 Å². The van der Waals surface area contributed by atoms with Crippen molar-refractivity contribution in [1.29, 1.82) is 0 Å². The molecule has 0 aliphatic rings. The van der Waals surface area contributed by atoms with Gasteiger partial charge in [0.15, 0.2) is 0 Å². The third-order valence-electron chi connectivity index (χ3n) is 2.65. The molecule has 1 unspecified atom stereocenters. The third-order valence-corrected chi connectivity index (χ3v) is 4.87. The van der Waals surface area contributed by atoms with E-state index in [0.29, 0.717) is 5.56 Å². The second-order valence-corrected chi connectivity index (χ2v) is 6.09. The average molecular weight is 348 g/mol. The van der Waals surface area contributed by atoms with E-state index in [0.717, 1.165) is 14.2 Å². The molecule has 0 spiro atoms. The summed E-state index contributed by atoms with van der Waals surface area (Å²) in [5.41, 5.74) is 6.69. The summed E-state index contributed by atoms with van der Waals surface area (Å²) in [4.78, 5) is 1.99. The van der Waals surface area contributed by atoms with Crippen molar-refractivity contribution >= 4 is 27.3 Å². The average Bonchev–Trinajstić information content (AvgIpc) is 2.69. The van der Waals surface area contributed by atoms with Crippen molar-refractivity contribution in [3.8, 4) is 5.75 Å². The number of para-hydroxylation sites is 1. The molecule has 0 fully saturated rings. The summed E-state index contributed by atoms with van der Waals surface area (Å²) in [5.74, 6) is 0.118. The van der Waals surface area contributed by atoms with Crippen molar-refractivity contribution in [3.63, 3.8) is 0 Å². The van der Waals surface area contributed by atoms with Crippen LogP contribution in [0, 0.1) is 6.92 Å². The molecular formula is C13H12BrF2NOS. The molecule has 0 saturated heterocycles. The Bertz CT molecular complexity index is 554. The van der Waals surface area contributed by atoms with Gasteiger partial charge in [-0.05, 0) is 35.0 Å². The van der Waals surface area contributed by atoms with Gasteiger partial charge in [0, 0.05) is 19.8 Å². The fraction of sp³-hybridized carbons (Fsp3) is 0.231. The summed E-state index contributed by atoms with van der Waals surface area (Å²) in [7, 11) is 0. The third kappa shape index (κ3) is 3.32. The number of rotatable bonds is 4. The van der Waals surface area contributed by atoms with Crippen molar-refractivity contribution in [1.82, 2.24) is 0 Å². The lowest BCUT2D eigenvalue weighted by atomic mass is 10.1. The molecule has 0 aliphatic heterocycles. The van der Waals surface area contributed by atoms with Crippen LogP contribution in [0.4, 0.5) is 8.78 Å². The number of thiophene rings is 1. The molecule has 1 heterocycles. The fourth-order valence-corrected chi connectivity index (χ4v) is 3.31. The second-order valence-electron chi connectivity index (χ2n) is 3.95. The number of aryl methyl sites for hydroxylation is 1. The van der Waals surface area contributed by atoms with Crippen LogP contribution < -0.4 is 10.5 Å². The molecule has 19 heavy (non-hydrogen) atoms. The first-order chi connectivity index (χ1) is 8.99. The van der Waals surface area contributed by atoms with E-state index in [9.17, 15) is 8.78 Å². The molecule has 6 heteroatoms. The van der Waals surface area contributed by atoms with Gasteiger partial charge >= 0.3 is 6.61 Å². The zero-order chi connectivity index (χ0) is 14.0. The first kappa shape index (κ1) is 14.4. The van der Waals surface area contributed by atoms with Crippen LogP contribution in [0.1, 0.15) is 21.4 Å². The van der Waals surface area contributed by atoms with E-state index in [4.69, 9.17) is 5.73 Å². The number of ether oxygens (including phenoxy) is 1. The smallest absolute Gasteiger partial charge is 0.387 e. The summed E-state index contributed by atoms with van der Waals surface area (Å²) in [6, 6.07) is 8.02. The molecule has 0 radical (unpaired) electrons. The Morgan fingerprint density at radius 3 is 2.58 bits per heavy atom. The summed E-state index contributed by atoms with van der Waals surface area (Å²) in [5, 5.41) is 0. The Morgan fingerprint density at radius 1 is 1.32 bits per heavy atom. The Hall–Kier alpha value is -0.980. The Labute approximate surface area is 122 Å². The number of hydrogen-bond donors (Lipinski definition) is 1. The van der Waals surface area contributed by atoms with E-state index in [1.165, 1.54) is 17.4 Å². The first-order valence-corrected chi connectivity index (χ1v) is 7.15. The molecule has 2 rings (SSSR count). The molecule has 0 saturated carbocycles. The van der Waals surface area contributed by atoms with Crippen LogP contribution in [-0.4, -0.2) is 6.61 Å². The van der Waals surface area contributed by atoms with Crippen LogP contribution in [0.3, 0.4) is 0 Å². The van der Waals surface area contributed by atoms with Gasteiger partial charge in [0.1, 0.15) is 5.75 Å². The van der Waals surface area contributed by atoms with Crippen LogP contribution in [0.25, 0.3) is 0 Å². The largest absolute Gasteiger partial charge is 0.434 e. The van der Waals surface area contributed by atoms with Gasteiger partial charge in [0.05, 0.1) is 6.04 Å². The SMILES string of the molecule is Cc1sc(C(N)c2ccccc2OC(F)F)cc1Br. The van der Waals surface area contributed by atoms with Gasteiger partial charge in [-0.3, -0.25) is 0 Å². The molecule has 1 atom stereocenters. The standard InChI is InChI=1S/C13H12BrF2NOS/c1-7-9(14)6-11(19-7)12(17)8-4-2-3-5-10(8)18-13(15)16/h2-6,12-13H,17H2,1H3. The lowest BCUT2D eigenvalue weighted by Crippen LogP contribution is -2.13. The highest BCUT2D eigenvalue weighted by molar-refractivity contribution is 9.10. The predicted octanol–water partition coefficient (Wildman–Crippen LogP) is 4.47. The van der Waals surface area contributed by atoms with Crippen LogP contribution in [0.15, 0.2) is 34.8 Å². The summed E-state index contributed by atoms with van der Waals surface area (Å²) >= 11 is 4.95. The normalized spacial score (nSPS) is 12.7. The minimum atomic E-state index is -2.86. The predicted molar refractivity (Wildman–Crippen MR) is 75.9 cm³/mol. The maximum atomic E-state index is 12.4. The summed E-state index contributed by atoms with van der Waals surface area (Å²) in [6.45, 7) is -0.892. The van der Waals surface area contributed by atoms with Crippen molar-refractivity contribution in [2.24, 2.45) is 5.73 Å². The molecule has 0 bridgehead atoms. The number of hydrogen-bond acceptors (Lipinski definition) is 3. The maximum Gasteiger partial charge on any atom is 0.387 e. The van der Waals surface area contributed by atoms with Crippen LogP contribution in [0.2, 0.25) is 0 Å². The van der Waals surface area contributed by atoms with Gasteiger partial charge in [-0.1, -0.05) is 18.2 Å². The molecule has 2 aromatic rings. The first-order valence-electron chi connectivity index (χ1n) is 5.54. The van der Waals surface area contributed by atoms with Gasteiger partial charge in [-0.2, -0.15) is 8.78 Å². The molecule has 0 amide bonds. The highest BCUT2D eigenvalue weighted by Gasteiger charge is 2.18. The lowest BCUT2D eigenvalue weighted by molar-refractivity contribution is -0.0505. The van der Waals surface area contributed by atoms with Crippen LogP contribution in [-0.2, 0) is 0 Å². The minimum Gasteiger partial charge on any atom is -0.434 e. The maximum absolute atomic E-state index is 12.4. The number of nitrogens with two attached hydrogens (primary N) is 1. The monoisotopic (exact) mass is 347 g/mol. The van der Waals surface area contributed by atoms with Crippen molar-refractivity contribution in [3.05, 3.63) is 50.1 Å². The zero-order valence-corrected chi connectivity index (χ0v) is 12.5. The van der Waals surface area contributed by atoms with Gasteiger partial charge in [-0.15, -0.1) is 11.3 Å². The highest BCUT2D eigenvalue weighted by atomic mass is 79.9. The molecule has 0 aliphatic carbocycles. The Balaban J connectivity index is 2.35.